The van der Waals surface area contributed by atoms with Gasteiger partial charge in [0.15, 0.2) is 0 Å². The maximum atomic E-state index is 4.94. The topological polar surface area (TPSA) is 12.5 Å². The molecule has 2 heteroatoms. The van der Waals surface area contributed by atoms with Crippen LogP contribution in [-0.2, 0) is 4.74 Å². The first kappa shape index (κ1) is 16.8. The van der Waals surface area contributed by atoms with Crippen molar-refractivity contribution >= 4 is 0 Å². The number of likely N-dealkylation sites (tertiary alicyclic amines) is 1. The van der Waals surface area contributed by atoms with Gasteiger partial charge in [-0.25, -0.2) is 0 Å². The van der Waals surface area contributed by atoms with E-state index in [9.17, 15) is 0 Å². The zero-order valence-electron chi connectivity index (χ0n) is 13.6. The van der Waals surface area contributed by atoms with Gasteiger partial charge >= 0.3 is 0 Å². The van der Waals surface area contributed by atoms with Gasteiger partial charge in [0.1, 0.15) is 0 Å². The lowest BCUT2D eigenvalue weighted by Gasteiger charge is -2.17. The molecule has 0 radical (unpaired) electrons. The van der Waals surface area contributed by atoms with Gasteiger partial charge in [-0.3, -0.25) is 0 Å². The fourth-order valence-corrected chi connectivity index (χ4v) is 2.28. The Kier molecular flexibility index (Phi) is 6.28. The molecule has 1 aromatic rings. The Morgan fingerprint density at radius 2 is 1.80 bits per heavy atom. The standard InChI is InChI=1S/C13H17N.C5H12O/c1-3-14-10-13(9-11(14)2)12-7-5-4-6-8-12;1-5(2,3)6-4/h3-8,11,13H,1,9-10H2,2H3;1-4H3. The van der Waals surface area contributed by atoms with E-state index in [4.69, 9.17) is 4.74 Å². The lowest BCUT2D eigenvalue weighted by Crippen LogP contribution is -2.19. The first-order chi connectivity index (χ1) is 9.37. The lowest BCUT2D eigenvalue weighted by atomic mass is 9.97. The van der Waals surface area contributed by atoms with Crippen molar-refractivity contribution in [3.63, 3.8) is 0 Å². The van der Waals surface area contributed by atoms with E-state index < -0.39 is 0 Å². The molecule has 1 heterocycles. The second kappa shape index (κ2) is 7.49. The van der Waals surface area contributed by atoms with E-state index in [1.807, 2.05) is 27.0 Å². The van der Waals surface area contributed by atoms with Crippen molar-refractivity contribution in [1.29, 1.82) is 0 Å². The number of nitrogens with zero attached hydrogens (tertiary/aromatic N) is 1. The molecule has 20 heavy (non-hydrogen) atoms. The third-order valence-electron chi connectivity index (χ3n) is 3.74. The molecule has 0 saturated carbocycles. The van der Waals surface area contributed by atoms with E-state index in [0.29, 0.717) is 12.0 Å². The minimum Gasteiger partial charge on any atom is -0.379 e. The van der Waals surface area contributed by atoms with Crippen LogP contribution in [0.3, 0.4) is 0 Å². The third kappa shape index (κ3) is 5.38. The summed E-state index contributed by atoms with van der Waals surface area (Å²) in [5.41, 5.74) is 1.50. The normalized spacial score (nSPS) is 22.1. The Morgan fingerprint density at radius 1 is 1.25 bits per heavy atom. The van der Waals surface area contributed by atoms with E-state index in [1.165, 1.54) is 12.0 Å². The van der Waals surface area contributed by atoms with E-state index in [0.717, 1.165) is 6.54 Å². The molecule has 1 aliphatic heterocycles. The predicted octanol–water partition coefficient (Wildman–Crippen LogP) is 4.44. The molecule has 0 bridgehead atoms. The summed E-state index contributed by atoms with van der Waals surface area (Å²) in [6, 6.07) is 11.4. The molecule has 0 amide bonds. The van der Waals surface area contributed by atoms with Crippen molar-refractivity contribution in [3.05, 3.63) is 48.7 Å². The largest absolute Gasteiger partial charge is 0.379 e. The molecule has 0 aromatic heterocycles. The van der Waals surface area contributed by atoms with Gasteiger partial charge < -0.3 is 9.64 Å². The van der Waals surface area contributed by atoms with Crippen molar-refractivity contribution in [1.82, 2.24) is 4.90 Å². The summed E-state index contributed by atoms with van der Waals surface area (Å²) in [4.78, 5) is 2.33. The Balaban J connectivity index is 0.000000286. The Labute approximate surface area is 124 Å². The molecular formula is C18H29NO. The van der Waals surface area contributed by atoms with Crippen LogP contribution in [0.5, 0.6) is 0 Å². The maximum Gasteiger partial charge on any atom is 0.0594 e. The SMILES string of the molecule is C=CN1CC(c2ccccc2)CC1C.COC(C)(C)C. The summed E-state index contributed by atoms with van der Waals surface area (Å²) in [5.74, 6) is 0.684. The Morgan fingerprint density at radius 3 is 2.20 bits per heavy atom. The van der Waals surface area contributed by atoms with Crippen LogP contribution < -0.4 is 0 Å². The molecule has 112 valence electrons. The average molecular weight is 275 g/mol. The zero-order chi connectivity index (χ0) is 15.2. The maximum absolute atomic E-state index is 4.94. The monoisotopic (exact) mass is 275 g/mol. The van der Waals surface area contributed by atoms with E-state index in [2.05, 4.69) is 48.7 Å². The molecular weight excluding hydrogens is 246 g/mol. The zero-order valence-corrected chi connectivity index (χ0v) is 13.6. The van der Waals surface area contributed by atoms with E-state index in [1.54, 1.807) is 7.11 Å². The van der Waals surface area contributed by atoms with Gasteiger partial charge in [0.05, 0.1) is 5.60 Å². The number of hydrogen-bond acceptors (Lipinski definition) is 2. The molecule has 2 nitrogen and oxygen atoms in total. The van der Waals surface area contributed by atoms with Gasteiger partial charge in [-0.1, -0.05) is 36.9 Å². The molecule has 2 unspecified atom stereocenters. The van der Waals surface area contributed by atoms with Crippen LogP contribution in [-0.4, -0.2) is 30.2 Å². The third-order valence-corrected chi connectivity index (χ3v) is 3.74. The summed E-state index contributed by atoms with van der Waals surface area (Å²) >= 11 is 0. The molecule has 0 aliphatic carbocycles. The van der Waals surface area contributed by atoms with Crippen LogP contribution >= 0.6 is 0 Å². The Hall–Kier alpha value is -1.28. The second-order valence-corrected chi connectivity index (χ2v) is 6.39. The van der Waals surface area contributed by atoms with Gasteiger partial charge in [0, 0.05) is 25.6 Å². The van der Waals surface area contributed by atoms with Gasteiger partial charge in [0.25, 0.3) is 0 Å². The van der Waals surface area contributed by atoms with Crippen LogP contribution in [0.15, 0.2) is 43.1 Å². The van der Waals surface area contributed by atoms with Crippen molar-refractivity contribution in [2.45, 2.75) is 51.7 Å². The van der Waals surface area contributed by atoms with Crippen LogP contribution in [0.25, 0.3) is 0 Å². The highest BCUT2D eigenvalue weighted by molar-refractivity contribution is 5.21. The predicted molar refractivity (Wildman–Crippen MR) is 86.9 cm³/mol. The van der Waals surface area contributed by atoms with Crippen molar-refractivity contribution in [2.24, 2.45) is 0 Å². The second-order valence-electron chi connectivity index (χ2n) is 6.39. The highest BCUT2D eigenvalue weighted by atomic mass is 16.5. The van der Waals surface area contributed by atoms with Gasteiger partial charge in [-0.2, -0.15) is 0 Å². The van der Waals surface area contributed by atoms with Crippen LogP contribution in [0, 0.1) is 0 Å². The lowest BCUT2D eigenvalue weighted by molar-refractivity contribution is 0.0397. The molecule has 1 aliphatic rings. The summed E-state index contributed by atoms with van der Waals surface area (Å²) in [6.45, 7) is 13.3. The summed E-state index contributed by atoms with van der Waals surface area (Å²) in [5, 5.41) is 0. The first-order valence-corrected chi connectivity index (χ1v) is 7.35. The number of hydrogen-bond donors (Lipinski definition) is 0. The van der Waals surface area contributed by atoms with E-state index >= 15 is 0 Å². The summed E-state index contributed by atoms with van der Waals surface area (Å²) < 4.78 is 4.94. The molecule has 0 N–H and O–H groups in total. The van der Waals surface area contributed by atoms with Gasteiger partial charge in [-0.05, 0) is 45.9 Å². The molecule has 2 atom stereocenters. The minimum atomic E-state index is 0.0417. The average Bonchev–Trinajstić information content (AvgIpc) is 2.81. The van der Waals surface area contributed by atoms with Crippen LogP contribution in [0.1, 0.15) is 45.6 Å². The number of benzene rings is 1. The van der Waals surface area contributed by atoms with Crippen LogP contribution in [0.4, 0.5) is 0 Å². The Bertz CT molecular complexity index is 394. The summed E-state index contributed by atoms with van der Waals surface area (Å²) in [7, 11) is 1.71. The van der Waals surface area contributed by atoms with Crippen LogP contribution in [0.2, 0.25) is 0 Å². The first-order valence-electron chi connectivity index (χ1n) is 7.35. The van der Waals surface area contributed by atoms with Crippen molar-refractivity contribution in [2.75, 3.05) is 13.7 Å². The molecule has 0 spiro atoms. The minimum absolute atomic E-state index is 0.0417. The smallest absolute Gasteiger partial charge is 0.0594 e. The number of methoxy groups -OCH3 is 1. The van der Waals surface area contributed by atoms with Gasteiger partial charge in [-0.15, -0.1) is 0 Å². The molecule has 1 saturated heterocycles. The summed E-state index contributed by atoms with van der Waals surface area (Å²) in [6.07, 6.45) is 3.21. The molecule has 2 rings (SSSR count). The van der Waals surface area contributed by atoms with Gasteiger partial charge in [0.2, 0.25) is 0 Å². The fraction of sp³-hybridized carbons (Fsp3) is 0.556. The van der Waals surface area contributed by atoms with E-state index in [-0.39, 0.29) is 5.60 Å². The van der Waals surface area contributed by atoms with Crippen molar-refractivity contribution in [3.8, 4) is 0 Å². The molecule has 1 aromatic carbocycles. The van der Waals surface area contributed by atoms with Crippen molar-refractivity contribution < 1.29 is 4.74 Å². The quantitative estimate of drug-likeness (QED) is 0.791. The number of ether oxygens (including phenoxy) is 1. The number of rotatable bonds is 2. The highest BCUT2D eigenvalue weighted by Gasteiger charge is 2.27. The highest BCUT2D eigenvalue weighted by Crippen LogP contribution is 2.31. The molecule has 1 fully saturated rings. The fourth-order valence-electron chi connectivity index (χ4n) is 2.28.